The van der Waals surface area contributed by atoms with Gasteiger partial charge in [-0.2, -0.15) is 0 Å². The summed E-state index contributed by atoms with van der Waals surface area (Å²) in [5, 5.41) is 0. The van der Waals surface area contributed by atoms with Gasteiger partial charge in [0, 0.05) is 24.8 Å². The smallest absolute Gasteiger partial charge is 0.0475 e. The van der Waals surface area contributed by atoms with E-state index in [1.54, 1.807) is 0 Å². The molecule has 2 rings (SSSR count). The lowest BCUT2D eigenvalue weighted by Gasteiger charge is -2.28. The lowest BCUT2D eigenvalue weighted by Crippen LogP contribution is -2.32. The van der Waals surface area contributed by atoms with Crippen LogP contribution in [0.4, 0.5) is 5.69 Å². The maximum atomic E-state index is 6.47. The molecule has 0 saturated carbocycles. The highest BCUT2D eigenvalue weighted by Gasteiger charge is 2.14. The van der Waals surface area contributed by atoms with E-state index in [0.29, 0.717) is 0 Å². The van der Waals surface area contributed by atoms with Crippen molar-refractivity contribution < 1.29 is 0 Å². The van der Waals surface area contributed by atoms with E-state index in [9.17, 15) is 0 Å². The van der Waals surface area contributed by atoms with Crippen molar-refractivity contribution in [3.8, 4) is 0 Å². The fourth-order valence-electron chi connectivity index (χ4n) is 2.89. The third kappa shape index (κ3) is 3.64. The topological polar surface area (TPSA) is 29.3 Å². The van der Waals surface area contributed by atoms with Crippen molar-refractivity contribution in [3.63, 3.8) is 0 Å². The summed E-state index contributed by atoms with van der Waals surface area (Å²) in [5.74, 6) is 0. The first-order chi connectivity index (χ1) is 10.0. The molecule has 0 fully saturated rings. The predicted octanol–water partition coefficient (Wildman–Crippen LogP) is 4.14. The number of hydrogen-bond acceptors (Lipinski definition) is 2. The Labute approximate surface area is 128 Å². The van der Waals surface area contributed by atoms with Gasteiger partial charge in [-0.05, 0) is 50.5 Å². The summed E-state index contributed by atoms with van der Waals surface area (Å²) in [6, 6.07) is 15.1. The minimum atomic E-state index is 0.0326. The third-order valence-corrected chi connectivity index (χ3v) is 4.08. The summed E-state index contributed by atoms with van der Waals surface area (Å²) in [7, 11) is 0. The van der Waals surface area contributed by atoms with Gasteiger partial charge < -0.3 is 10.6 Å². The molecule has 0 aliphatic rings. The van der Waals surface area contributed by atoms with Crippen molar-refractivity contribution in [1.29, 1.82) is 0 Å². The number of para-hydroxylation sites is 1. The zero-order valence-electron chi connectivity index (χ0n) is 13.6. The minimum Gasteiger partial charge on any atom is -0.370 e. The molecule has 2 aromatic rings. The van der Waals surface area contributed by atoms with Crippen LogP contribution < -0.4 is 10.6 Å². The molecule has 0 spiro atoms. The number of anilines is 1. The Balaban J connectivity index is 2.20. The second-order valence-corrected chi connectivity index (χ2v) is 5.79. The molecule has 1 atom stereocenters. The van der Waals surface area contributed by atoms with Crippen LogP contribution in [0.1, 0.15) is 35.2 Å². The molecule has 0 heterocycles. The monoisotopic (exact) mass is 282 g/mol. The Morgan fingerprint density at radius 2 is 1.71 bits per heavy atom. The number of nitrogens with two attached hydrogens (primary N) is 1. The summed E-state index contributed by atoms with van der Waals surface area (Å²) in [6.45, 7) is 10.4. The summed E-state index contributed by atoms with van der Waals surface area (Å²) in [6.07, 6.45) is 0. The van der Waals surface area contributed by atoms with Gasteiger partial charge in [0.15, 0.2) is 0 Å². The van der Waals surface area contributed by atoms with Gasteiger partial charge in [0.1, 0.15) is 0 Å². The molecule has 1 unspecified atom stereocenters. The largest absolute Gasteiger partial charge is 0.370 e. The number of benzene rings is 2. The summed E-state index contributed by atoms with van der Waals surface area (Å²) in [4.78, 5) is 2.36. The van der Waals surface area contributed by atoms with Gasteiger partial charge in [0.05, 0.1) is 0 Å². The van der Waals surface area contributed by atoms with Crippen LogP contribution in [0, 0.1) is 20.8 Å². The van der Waals surface area contributed by atoms with Gasteiger partial charge in [0.2, 0.25) is 0 Å². The molecule has 0 saturated heterocycles. The molecule has 0 aliphatic carbocycles. The zero-order valence-corrected chi connectivity index (χ0v) is 13.6. The van der Waals surface area contributed by atoms with Gasteiger partial charge in [-0.15, -0.1) is 0 Å². The molecule has 0 aliphatic heterocycles. The molecule has 2 nitrogen and oxygen atoms in total. The summed E-state index contributed by atoms with van der Waals surface area (Å²) < 4.78 is 0. The van der Waals surface area contributed by atoms with Gasteiger partial charge >= 0.3 is 0 Å². The highest BCUT2D eigenvalue weighted by atomic mass is 15.1. The third-order valence-electron chi connectivity index (χ3n) is 4.08. The molecule has 112 valence electrons. The predicted molar refractivity (Wildman–Crippen MR) is 91.9 cm³/mol. The SMILES string of the molecule is CCN(CC(N)c1ccc(C)cc1C)c1ccccc1C. The second kappa shape index (κ2) is 6.77. The van der Waals surface area contributed by atoms with Crippen molar-refractivity contribution in [2.45, 2.75) is 33.7 Å². The van der Waals surface area contributed by atoms with Gasteiger partial charge in [0.25, 0.3) is 0 Å². The van der Waals surface area contributed by atoms with Crippen LogP contribution in [0.5, 0.6) is 0 Å². The standard InChI is InChI=1S/C19H26N2/c1-5-21(19-9-7-6-8-15(19)3)13-18(20)17-11-10-14(2)12-16(17)4/h6-12,18H,5,13,20H2,1-4H3. The van der Waals surface area contributed by atoms with Gasteiger partial charge in [-0.25, -0.2) is 0 Å². The van der Waals surface area contributed by atoms with Crippen LogP contribution in [-0.4, -0.2) is 13.1 Å². The van der Waals surface area contributed by atoms with Crippen molar-refractivity contribution in [2.24, 2.45) is 5.73 Å². The number of nitrogens with zero attached hydrogens (tertiary/aromatic N) is 1. The lowest BCUT2D eigenvalue weighted by atomic mass is 9.99. The molecule has 0 bridgehead atoms. The lowest BCUT2D eigenvalue weighted by molar-refractivity contribution is 0.672. The van der Waals surface area contributed by atoms with E-state index in [-0.39, 0.29) is 6.04 Å². The van der Waals surface area contributed by atoms with E-state index in [1.165, 1.54) is 27.9 Å². The highest BCUT2D eigenvalue weighted by molar-refractivity contribution is 5.53. The number of likely N-dealkylation sites (N-methyl/N-ethyl adjacent to an activating group) is 1. The van der Waals surface area contributed by atoms with Crippen LogP contribution in [0.15, 0.2) is 42.5 Å². The first-order valence-electron chi connectivity index (χ1n) is 7.66. The van der Waals surface area contributed by atoms with Crippen molar-refractivity contribution in [1.82, 2.24) is 0 Å². The van der Waals surface area contributed by atoms with Crippen LogP contribution in [0.3, 0.4) is 0 Å². The molecule has 2 N–H and O–H groups in total. The van der Waals surface area contributed by atoms with Gasteiger partial charge in [-0.1, -0.05) is 42.0 Å². The van der Waals surface area contributed by atoms with E-state index in [0.717, 1.165) is 13.1 Å². The van der Waals surface area contributed by atoms with Crippen molar-refractivity contribution in [2.75, 3.05) is 18.0 Å². The molecule has 0 aromatic heterocycles. The molecule has 2 aromatic carbocycles. The average molecular weight is 282 g/mol. The Bertz CT molecular complexity index is 604. The van der Waals surface area contributed by atoms with Crippen LogP contribution in [-0.2, 0) is 0 Å². The summed E-state index contributed by atoms with van der Waals surface area (Å²) in [5.41, 5.74) is 12.9. The Kier molecular flexibility index (Phi) is 5.03. The molecule has 0 radical (unpaired) electrons. The van der Waals surface area contributed by atoms with E-state index >= 15 is 0 Å². The first kappa shape index (κ1) is 15.6. The molecule has 2 heteroatoms. The van der Waals surface area contributed by atoms with Crippen LogP contribution in [0.25, 0.3) is 0 Å². The average Bonchev–Trinajstić information content (AvgIpc) is 2.45. The van der Waals surface area contributed by atoms with E-state index in [4.69, 9.17) is 5.73 Å². The van der Waals surface area contributed by atoms with Crippen LogP contribution in [0.2, 0.25) is 0 Å². The van der Waals surface area contributed by atoms with Gasteiger partial charge in [-0.3, -0.25) is 0 Å². The Morgan fingerprint density at radius 1 is 1.00 bits per heavy atom. The number of rotatable bonds is 5. The summed E-state index contributed by atoms with van der Waals surface area (Å²) >= 11 is 0. The Morgan fingerprint density at radius 3 is 2.33 bits per heavy atom. The molecular formula is C19H26N2. The number of hydrogen-bond donors (Lipinski definition) is 1. The highest BCUT2D eigenvalue weighted by Crippen LogP contribution is 2.23. The van der Waals surface area contributed by atoms with E-state index in [1.807, 2.05) is 0 Å². The molecular weight excluding hydrogens is 256 g/mol. The normalized spacial score (nSPS) is 12.2. The second-order valence-electron chi connectivity index (χ2n) is 5.79. The quantitative estimate of drug-likeness (QED) is 0.893. The maximum Gasteiger partial charge on any atom is 0.0475 e. The van der Waals surface area contributed by atoms with Crippen molar-refractivity contribution >= 4 is 5.69 Å². The zero-order chi connectivity index (χ0) is 15.4. The minimum absolute atomic E-state index is 0.0326. The first-order valence-corrected chi connectivity index (χ1v) is 7.66. The van der Waals surface area contributed by atoms with Crippen molar-refractivity contribution in [3.05, 3.63) is 64.7 Å². The molecule has 21 heavy (non-hydrogen) atoms. The van der Waals surface area contributed by atoms with E-state index < -0.39 is 0 Å². The Hall–Kier alpha value is -1.80. The fraction of sp³-hybridized carbons (Fsp3) is 0.368. The maximum absolute atomic E-state index is 6.47. The van der Waals surface area contributed by atoms with E-state index in [2.05, 4.69) is 75.1 Å². The van der Waals surface area contributed by atoms with Crippen LogP contribution >= 0.6 is 0 Å². The fourth-order valence-corrected chi connectivity index (χ4v) is 2.89. The molecule has 0 amide bonds. The number of aryl methyl sites for hydroxylation is 3.